The third-order valence-electron chi connectivity index (χ3n) is 0. The zero-order valence-electron chi connectivity index (χ0n) is 2.19. The van der Waals surface area contributed by atoms with Crippen molar-refractivity contribution in [2.24, 2.45) is 0 Å². The van der Waals surface area contributed by atoms with Gasteiger partial charge in [-0.2, -0.15) is 3.84 Å². The van der Waals surface area contributed by atoms with E-state index in [1.165, 1.54) is 0 Å². The Balaban J connectivity index is -0.0000000200. The molecule has 0 aliphatic heterocycles. The van der Waals surface area contributed by atoms with E-state index in [-0.39, 0.29) is 35.9 Å². The van der Waals surface area contributed by atoms with E-state index in [9.17, 15) is 0 Å². The Labute approximate surface area is 63.3 Å². The van der Waals surface area contributed by atoms with Crippen molar-refractivity contribution in [1.82, 2.24) is 0 Å². The molecular weight excluding hydrogens is 165 g/mol. The van der Waals surface area contributed by atoms with E-state index < -0.39 is 0 Å². The summed E-state index contributed by atoms with van der Waals surface area (Å²) in [5, 5.41) is 0. The van der Waals surface area contributed by atoms with E-state index in [1.807, 2.05) is 0 Å². The van der Waals surface area contributed by atoms with Crippen LogP contribution in [0.3, 0.4) is 0 Å². The summed E-state index contributed by atoms with van der Waals surface area (Å²) >= 11 is 8.53. The van der Waals surface area contributed by atoms with Crippen LogP contribution in [0.5, 0.6) is 0 Å². The summed E-state index contributed by atoms with van der Waals surface area (Å²) in [6, 6.07) is 0. The molecule has 5 heavy (non-hydrogen) atoms. The summed E-state index contributed by atoms with van der Waals surface area (Å²) in [5.74, 6) is 0. The maximum atomic E-state index is 4.26. The Morgan fingerprint density at radius 1 is 1.20 bits per heavy atom. The Hall–Kier alpha value is 1.66. The molecule has 0 aromatic carbocycles. The molecule has 0 amide bonds. The number of hydrogen-bond acceptors (Lipinski definition) is 1. The van der Waals surface area contributed by atoms with Crippen molar-refractivity contribution in [3.8, 4) is 0 Å². The summed E-state index contributed by atoms with van der Waals surface area (Å²) < 4.78 is 3.19. The van der Waals surface area contributed by atoms with Gasteiger partial charge in [0.05, 0.1) is 23.7 Å². The van der Waals surface area contributed by atoms with Crippen LogP contribution in [0.15, 0.2) is 0 Å². The van der Waals surface area contributed by atoms with Crippen LogP contribution >= 0.6 is 23.7 Å². The van der Waals surface area contributed by atoms with E-state index >= 15 is 0 Å². The van der Waals surface area contributed by atoms with Gasteiger partial charge < -0.3 is 0 Å². The van der Waals surface area contributed by atoms with Crippen LogP contribution in [0.4, 0.5) is 0 Å². The van der Waals surface area contributed by atoms with Crippen LogP contribution in [0.2, 0.25) is 0 Å². The van der Waals surface area contributed by atoms with Gasteiger partial charge in [-0.3, -0.25) is 0 Å². The summed E-state index contributed by atoms with van der Waals surface area (Å²) in [6.07, 6.45) is 0. The average molecular weight is 165 g/mol. The van der Waals surface area contributed by atoms with Gasteiger partial charge >= 0.3 is 0 Å². The number of rotatable bonds is 0. The first-order valence-electron chi connectivity index (χ1n) is 0.309. The van der Waals surface area contributed by atoms with Crippen molar-refractivity contribution in [2.75, 3.05) is 0 Å². The second kappa shape index (κ2) is 17.4. The molecule has 0 saturated heterocycles. The molecule has 1 nitrogen and oxygen atoms in total. The molecule has 0 fully saturated rings. The molecule has 0 bridgehead atoms. The fourth-order valence-corrected chi connectivity index (χ4v) is 0. The fraction of sp³-hybridized carbons (Fsp3) is 0. The number of halogens is 2. The van der Waals surface area contributed by atoms with Crippen LogP contribution in [-0.4, -0.2) is 17.4 Å². The average Bonchev–Trinajstić information content (AvgIpc) is 0.918. The number of hydrogen-bond donors (Lipinski definition) is 0. The van der Waals surface area contributed by atoms with Crippen molar-refractivity contribution in [3.63, 3.8) is 0 Å². The van der Waals surface area contributed by atoms with Crippen molar-refractivity contribution in [1.29, 1.82) is 0 Å². The van der Waals surface area contributed by atoms with E-state index in [1.54, 1.807) is 0 Å². The third-order valence-corrected chi connectivity index (χ3v) is 0. The normalized spacial score (nSPS) is 3.60. The Morgan fingerprint density at radius 2 is 1.20 bits per heavy atom. The molecule has 0 aromatic rings. The van der Waals surface area contributed by atoms with Gasteiger partial charge in [0.15, 0.2) is 0 Å². The Kier molecular flexibility index (Phi) is 55.4. The van der Waals surface area contributed by atoms with Gasteiger partial charge in [0, 0.05) is 35.9 Å². The molecule has 0 N–H and O–H groups in total. The maximum Gasteiger partial charge on any atom is 0.0832 e. The largest absolute Gasteiger partial charge is 0.166 e. The molecule has 0 atom stereocenters. The smallest absolute Gasteiger partial charge is 0.0832 e. The SMILES string of the molecule is ClOCl.[Al].[V]. The van der Waals surface area contributed by atoms with Gasteiger partial charge in [-0.15, -0.1) is 0 Å². The van der Waals surface area contributed by atoms with Crippen LogP contribution in [-0.2, 0) is 22.4 Å². The van der Waals surface area contributed by atoms with Crippen molar-refractivity contribution < 1.29 is 22.4 Å². The van der Waals surface area contributed by atoms with Crippen molar-refractivity contribution >= 4 is 41.1 Å². The fourth-order valence-electron chi connectivity index (χ4n) is 0. The second-order valence-electron chi connectivity index (χ2n) is 0.0583. The van der Waals surface area contributed by atoms with Gasteiger partial charge in [-0.1, -0.05) is 0 Å². The predicted molar refractivity (Wildman–Crippen MR) is 18.5 cm³/mol. The topological polar surface area (TPSA) is 9.23 Å². The van der Waals surface area contributed by atoms with E-state index in [4.69, 9.17) is 0 Å². The van der Waals surface area contributed by atoms with Crippen molar-refractivity contribution in [3.05, 3.63) is 0 Å². The molecule has 0 aromatic heterocycles. The molecular formula is AlCl2OV. The van der Waals surface area contributed by atoms with Crippen LogP contribution < -0.4 is 0 Å². The molecule has 0 rings (SSSR count). The molecule has 0 spiro atoms. The molecule has 0 unspecified atom stereocenters. The minimum atomic E-state index is 0. The molecule has 0 saturated carbocycles. The molecule has 4 radical (unpaired) electrons. The van der Waals surface area contributed by atoms with Crippen LogP contribution in [0.25, 0.3) is 0 Å². The monoisotopic (exact) mass is 164 g/mol. The maximum absolute atomic E-state index is 4.26. The zero-order chi connectivity index (χ0) is 2.71. The first kappa shape index (κ1) is 15.9. The summed E-state index contributed by atoms with van der Waals surface area (Å²) in [5.41, 5.74) is 0. The van der Waals surface area contributed by atoms with E-state index in [0.29, 0.717) is 0 Å². The zero-order valence-corrected chi connectivity index (χ0v) is 6.25. The molecule has 0 aliphatic rings. The second-order valence-corrected chi connectivity index (χ2v) is 0.525. The standard InChI is InChI=1S/Al.Cl2O.V/c;1-3-2;. The molecule has 0 heterocycles. The predicted octanol–water partition coefficient (Wildman–Crippen LogP) is 0.927. The molecule has 0 aliphatic carbocycles. The van der Waals surface area contributed by atoms with Crippen LogP contribution in [0, 0.1) is 0 Å². The van der Waals surface area contributed by atoms with Gasteiger partial charge in [0.2, 0.25) is 0 Å². The van der Waals surface area contributed by atoms with Crippen molar-refractivity contribution in [2.45, 2.75) is 0 Å². The van der Waals surface area contributed by atoms with Gasteiger partial charge in [0.1, 0.15) is 0 Å². The van der Waals surface area contributed by atoms with Gasteiger partial charge in [-0.25, -0.2) is 0 Å². The van der Waals surface area contributed by atoms with E-state index in [0.717, 1.165) is 0 Å². The third kappa shape index (κ3) is 27.6. The van der Waals surface area contributed by atoms with Gasteiger partial charge in [-0.05, 0) is 0 Å². The minimum Gasteiger partial charge on any atom is -0.166 e. The molecule has 5 heteroatoms. The summed E-state index contributed by atoms with van der Waals surface area (Å²) in [6.45, 7) is 0. The van der Waals surface area contributed by atoms with Crippen LogP contribution in [0.1, 0.15) is 0 Å². The molecule has 28 valence electrons. The van der Waals surface area contributed by atoms with Gasteiger partial charge in [0.25, 0.3) is 0 Å². The first-order valence-corrected chi connectivity index (χ1v) is 0.926. The van der Waals surface area contributed by atoms with E-state index in [2.05, 4.69) is 27.6 Å². The summed E-state index contributed by atoms with van der Waals surface area (Å²) in [7, 11) is 0. The minimum absolute atomic E-state index is 0. The summed E-state index contributed by atoms with van der Waals surface area (Å²) in [4.78, 5) is 0. The Bertz CT molecular complexity index is 9.61. The Morgan fingerprint density at radius 3 is 1.20 bits per heavy atom. The first-order chi connectivity index (χ1) is 1.41. The quantitative estimate of drug-likeness (QED) is 0.485.